The van der Waals surface area contributed by atoms with Gasteiger partial charge in [-0.2, -0.15) is 0 Å². The molecule has 1 unspecified atom stereocenters. The summed E-state index contributed by atoms with van der Waals surface area (Å²) in [5.41, 5.74) is 5.74. The Balaban J connectivity index is 1.36. The van der Waals surface area contributed by atoms with Crippen LogP contribution in [-0.4, -0.2) is 12.6 Å². The van der Waals surface area contributed by atoms with E-state index in [1.165, 1.54) is 132 Å². The Hall–Kier alpha value is -3.07. The van der Waals surface area contributed by atoms with Gasteiger partial charge in [0.05, 0.1) is 6.61 Å². The fourth-order valence-electron chi connectivity index (χ4n) is 6.69. The summed E-state index contributed by atoms with van der Waals surface area (Å²) in [5.74, 6) is 0.847. The van der Waals surface area contributed by atoms with Crippen molar-refractivity contribution >= 4 is 5.97 Å². The molecule has 0 heterocycles. The van der Waals surface area contributed by atoms with Gasteiger partial charge < -0.3 is 9.47 Å². The number of benzene rings is 3. The monoisotopic (exact) mass is 669 g/mol. The second kappa shape index (κ2) is 25.8. The van der Waals surface area contributed by atoms with Crippen LogP contribution < -0.4 is 4.74 Å². The minimum absolute atomic E-state index is 0.0929. The summed E-state index contributed by atoms with van der Waals surface area (Å²) in [7, 11) is 0. The van der Waals surface area contributed by atoms with Crippen molar-refractivity contribution in [3.8, 4) is 28.0 Å². The molecule has 0 amide bonds. The second-order valence-corrected chi connectivity index (χ2v) is 14.1. The van der Waals surface area contributed by atoms with Crippen molar-refractivity contribution in [2.45, 2.75) is 168 Å². The molecule has 0 radical (unpaired) electrons. The first-order valence-corrected chi connectivity index (χ1v) is 20.2. The molecule has 0 N–H and O–H groups in total. The molecule has 0 saturated heterocycles. The third-order valence-corrected chi connectivity index (χ3v) is 9.84. The average molecular weight is 669 g/mol. The average Bonchev–Trinajstić information content (AvgIpc) is 3.13. The number of hydrogen-bond acceptors (Lipinski definition) is 3. The van der Waals surface area contributed by atoms with Crippen molar-refractivity contribution in [2.75, 3.05) is 6.61 Å². The molecule has 0 spiro atoms. The van der Waals surface area contributed by atoms with Gasteiger partial charge >= 0.3 is 5.97 Å². The lowest BCUT2D eigenvalue weighted by atomic mass is 9.93. The van der Waals surface area contributed by atoms with Crippen LogP contribution in [0.2, 0.25) is 0 Å². The number of hydrogen-bond donors (Lipinski definition) is 0. The van der Waals surface area contributed by atoms with Crippen LogP contribution in [0, 0.1) is 0 Å². The van der Waals surface area contributed by atoms with Gasteiger partial charge in [-0.3, -0.25) is 4.79 Å². The van der Waals surface area contributed by atoms with Crippen molar-refractivity contribution in [3.63, 3.8) is 0 Å². The van der Waals surface area contributed by atoms with E-state index in [4.69, 9.17) is 9.47 Å². The maximum absolute atomic E-state index is 12.5. The molecule has 0 aliphatic heterocycles. The molecule has 3 aromatic carbocycles. The summed E-state index contributed by atoms with van der Waals surface area (Å²) < 4.78 is 11.9. The number of ether oxygens (including phenoxy) is 2. The Morgan fingerprint density at radius 3 is 1.39 bits per heavy atom. The molecular weight excluding hydrogens is 601 g/mol. The second-order valence-electron chi connectivity index (χ2n) is 14.1. The maximum Gasteiger partial charge on any atom is 0.306 e. The van der Waals surface area contributed by atoms with Gasteiger partial charge in [0.15, 0.2) is 0 Å². The highest BCUT2D eigenvalue weighted by Gasteiger charge is 2.13. The predicted molar refractivity (Wildman–Crippen MR) is 210 cm³/mol. The lowest BCUT2D eigenvalue weighted by molar-refractivity contribution is -0.148. The molecule has 0 aliphatic rings. The fourth-order valence-corrected chi connectivity index (χ4v) is 6.69. The van der Waals surface area contributed by atoms with E-state index in [9.17, 15) is 4.79 Å². The third kappa shape index (κ3) is 16.9. The van der Waals surface area contributed by atoms with E-state index in [0.29, 0.717) is 6.42 Å². The van der Waals surface area contributed by atoms with Crippen molar-refractivity contribution in [1.29, 1.82) is 0 Å². The first kappa shape index (κ1) is 40.4. The largest absolute Gasteiger partial charge is 0.494 e. The molecule has 49 heavy (non-hydrogen) atoms. The Morgan fingerprint density at radius 2 is 0.918 bits per heavy atom. The first-order valence-electron chi connectivity index (χ1n) is 20.2. The molecular formula is C46H68O3. The van der Waals surface area contributed by atoms with Crippen LogP contribution in [0.5, 0.6) is 5.75 Å². The lowest BCUT2D eigenvalue weighted by Gasteiger charge is -2.15. The normalized spacial score (nSPS) is 11.8. The predicted octanol–water partition coefficient (Wildman–Crippen LogP) is 14.6. The summed E-state index contributed by atoms with van der Waals surface area (Å²) in [4.78, 5) is 12.5. The van der Waals surface area contributed by atoms with Crippen LogP contribution in [0.1, 0.15) is 174 Å². The molecule has 3 nitrogen and oxygen atoms in total. The van der Waals surface area contributed by atoms with Gasteiger partial charge in [0.1, 0.15) is 11.9 Å². The van der Waals surface area contributed by atoms with Gasteiger partial charge in [0.25, 0.3) is 0 Å². The summed E-state index contributed by atoms with van der Waals surface area (Å²) in [6.45, 7) is 7.29. The zero-order valence-electron chi connectivity index (χ0n) is 31.5. The van der Waals surface area contributed by atoms with Gasteiger partial charge in [-0.25, -0.2) is 0 Å². The highest BCUT2D eigenvalue weighted by molar-refractivity contribution is 5.83. The molecule has 270 valence electrons. The van der Waals surface area contributed by atoms with Crippen molar-refractivity contribution in [1.82, 2.24) is 0 Å². The van der Waals surface area contributed by atoms with Crippen molar-refractivity contribution in [2.24, 2.45) is 0 Å². The Kier molecular flexibility index (Phi) is 21.3. The van der Waals surface area contributed by atoms with E-state index in [2.05, 4.69) is 86.6 Å². The van der Waals surface area contributed by atoms with Crippen molar-refractivity contribution in [3.05, 3.63) is 78.4 Å². The Morgan fingerprint density at radius 1 is 0.510 bits per heavy atom. The standard InChI is InChI=1S/C46H68O3/c1-4-6-8-10-12-14-15-16-17-18-20-22-26-38-48-43-36-34-42(35-37-43)45-28-25-24-27-44(45)41-32-30-40(31-33-41)39(3)49-46(47)29-23-21-19-13-11-9-7-5-2/h24-25,27-28,30-37,39H,4-23,26,29,38H2,1-3H3. The lowest BCUT2D eigenvalue weighted by Crippen LogP contribution is -2.08. The Bertz CT molecular complexity index is 1250. The smallest absolute Gasteiger partial charge is 0.306 e. The van der Waals surface area contributed by atoms with E-state index in [0.717, 1.165) is 42.7 Å². The van der Waals surface area contributed by atoms with Crippen LogP contribution in [0.3, 0.4) is 0 Å². The van der Waals surface area contributed by atoms with Crippen LogP contribution in [0.25, 0.3) is 22.3 Å². The fraction of sp³-hybridized carbons (Fsp3) is 0.587. The summed E-state index contributed by atoms with van der Waals surface area (Å²) >= 11 is 0. The highest BCUT2D eigenvalue weighted by Crippen LogP contribution is 2.34. The number of rotatable bonds is 28. The molecule has 3 heteroatoms. The van der Waals surface area contributed by atoms with E-state index < -0.39 is 0 Å². The molecule has 3 aromatic rings. The molecule has 0 fully saturated rings. The number of unbranched alkanes of at least 4 members (excludes halogenated alkanes) is 19. The molecule has 3 rings (SSSR count). The van der Waals surface area contributed by atoms with Gasteiger partial charge in [0, 0.05) is 6.42 Å². The van der Waals surface area contributed by atoms with Gasteiger partial charge in [-0.05, 0) is 59.7 Å². The van der Waals surface area contributed by atoms with Crippen molar-refractivity contribution < 1.29 is 14.3 Å². The number of carbonyl (C=O) groups excluding carboxylic acids is 1. The zero-order chi connectivity index (χ0) is 34.8. The topological polar surface area (TPSA) is 35.5 Å². The quantitative estimate of drug-likeness (QED) is 0.0570. The molecule has 0 aliphatic carbocycles. The molecule has 0 bridgehead atoms. The van der Waals surface area contributed by atoms with Crippen LogP contribution in [-0.2, 0) is 9.53 Å². The number of esters is 1. The summed E-state index contributed by atoms with van der Waals surface area (Å²) in [5, 5.41) is 0. The maximum atomic E-state index is 12.5. The third-order valence-electron chi connectivity index (χ3n) is 9.84. The first-order chi connectivity index (χ1) is 24.1. The van der Waals surface area contributed by atoms with E-state index in [-0.39, 0.29) is 12.1 Å². The van der Waals surface area contributed by atoms with Crippen LogP contribution >= 0.6 is 0 Å². The molecule has 0 aromatic heterocycles. The summed E-state index contributed by atoms with van der Waals surface area (Å²) in [6, 6.07) is 25.5. The van der Waals surface area contributed by atoms with Gasteiger partial charge in [-0.1, -0.05) is 197 Å². The van der Waals surface area contributed by atoms with Gasteiger partial charge in [-0.15, -0.1) is 0 Å². The van der Waals surface area contributed by atoms with E-state index >= 15 is 0 Å². The van der Waals surface area contributed by atoms with E-state index in [1.54, 1.807) is 0 Å². The summed E-state index contributed by atoms with van der Waals surface area (Å²) in [6.07, 6.45) is 27.8. The SMILES string of the molecule is CCCCCCCCCCCCCCCOc1ccc(-c2ccccc2-c2ccc(C(C)OC(=O)CCCCCCCCCC)cc2)cc1. The van der Waals surface area contributed by atoms with Crippen LogP contribution in [0.4, 0.5) is 0 Å². The van der Waals surface area contributed by atoms with Gasteiger partial charge in [0.2, 0.25) is 0 Å². The minimum Gasteiger partial charge on any atom is -0.494 e. The molecule has 1 atom stereocenters. The minimum atomic E-state index is -0.252. The highest BCUT2D eigenvalue weighted by atomic mass is 16.5. The van der Waals surface area contributed by atoms with E-state index in [1.807, 2.05) is 6.92 Å². The zero-order valence-corrected chi connectivity index (χ0v) is 31.5. The molecule has 0 saturated carbocycles. The number of carbonyl (C=O) groups is 1. The Labute approximate surface area is 300 Å². The van der Waals surface area contributed by atoms with Crippen LogP contribution in [0.15, 0.2) is 72.8 Å².